The van der Waals surface area contributed by atoms with Crippen LogP contribution in [0.5, 0.6) is 0 Å². The van der Waals surface area contributed by atoms with E-state index in [1.807, 2.05) is 0 Å². The van der Waals surface area contributed by atoms with Gasteiger partial charge < -0.3 is 38.5 Å². The SMILES string of the molecule is O=P([O-])([O-])[O-].O=P([O-])([O-])[O-].[Mg+2].[V]. The van der Waals surface area contributed by atoms with Crippen molar-refractivity contribution in [3.05, 3.63) is 0 Å². The Bertz CT molecular complexity index is 129. The molecule has 0 aromatic rings. The number of hydrogen-bond donors (Lipinski definition) is 0. The van der Waals surface area contributed by atoms with E-state index in [1.54, 1.807) is 0 Å². The van der Waals surface area contributed by atoms with Crippen LogP contribution < -0.4 is 29.4 Å². The van der Waals surface area contributed by atoms with Crippen LogP contribution in [0, 0.1) is 0 Å². The summed E-state index contributed by atoms with van der Waals surface area (Å²) >= 11 is 0. The summed E-state index contributed by atoms with van der Waals surface area (Å²) in [5.41, 5.74) is 0. The summed E-state index contributed by atoms with van der Waals surface area (Å²) in [6, 6.07) is 0. The Labute approximate surface area is 95.5 Å². The van der Waals surface area contributed by atoms with Gasteiger partial charge in [0.2, 0.25) is 0 Å². The fourth-order valence-electron chi connectivity index (χ4n) is 0. The molecule has 0 saturated heterocycles. The molecule has 0 aliphatic carbocycles. The van der Waals surface area contributed by atoms with Gasteiger partial charge in [0.25, 0.3) is 0 Å². The van der Waals surface area contributed by atoms with Crippen LogP contribution in [-0.4, -0.2) is 23.1 Å². The first-order valence-corrected chi connectivity index (χ1v) is 4.38. The fraction of sp³-hybridized carbons (Fsp3) is 0. The normalized spacial score (nSPS) is 9.83. The van der Waals surface area contributed by atoms with Gasteiger partial charge in [-0.2, -0.15) is 15.6 Å². The quantitative estimate of drug-likeness (QED) is 0.307. The molecule has 0 aliphatic heterocycles. The molecular formula is MgO8P2V-4. The van der Waals surface area contributed by atoms with Crippen molar-refractivity contribution in [1.29, 1.82) is 0 Å². The van der Waals surface area contributed by atoms with Crippen LogP contribution in [0.2, 0.25) is 0 Å². The Morgan fingerprint density at radius 1 is 0.667 bits per heavy atom. The monoisotopic (exact) mass is 265 g/mol. The summed E-state index contributed by atoms with van der Waals surface area (Å²) < 4.78 is 17.1. The smallest absolute Gasteiger partial charge is 0.822 e. The second-order valence-corrected chi connectivity index (χ2v) is 2.68. The van der Waals surface area contributed by atoms with Crippen LogP contribution in [-0.2, 0) is 27.7 Å². The minimum absolute atomic E-state index is 0. The molecule has 0 aliphatic rings. The van der Waals surface area contributed by atoms with E-state index < -0.39 is 15.6 Å². The zero-order chi connectivity index (χ0) is 9.00. The van der Waals surface area contributed by atoms with Crippen LogP contribution >= 0.6 is 15.6 Å². The van der Waals surface area contributed by atoms with E-state index in [1.165, 1.54) is 0 Å². The van der Waals surface area contributed by atoms with E-state index in [9.17, 15) is 0 Å². The maximum Gasteiger partial charge on any atom is 2.00 e. The van der Waals surface area contributed by atoms with Gasteiger partial charge in [-0.05, 0) is 0 Å². The van der Waals surface area contributed by atoms with Crippen molar-refractivity contribution in [3.63, 3.8) is 0 Å². The summed E-state index contributed by atoms with van der Waals surface area (Å²) in [4.78, 5) is 51.3. The maximum atomic E-state index is 8.55. The topological polar surface area (TPSA) is 172 Å². The van der Waals surface area contributed by atoms with E-state index in [2.05, 4.69) is 0 Å². The van der Waals surface area contributed by atoms with Gasteiger partial charge in [-0.25, -0.2) is 0 Å². The molecule has 0 atom stereocenters. The third-order valence-corrected chi connectivity index (χ3v) is 0. The molecule has 0 amide bonds. The molecule has 0 bridgehead atoms. The zero-order valence-electron chi connectivity index (χ0n) is 5.31. The van der Waals surface area contributed by atoms with Gasteiger partial charge in [-0.1, -0.05) is 0 Å². The Morgan fingerprint density at radius 2 is 0.667 bits per heavy atom. The van der Waals surface area contributed by atoms with E-state index in [0.717, 1.165) is 0 Å². The number of phosphoric acid groups is 2. The molecule has 0 unspecified atom stereocenters. The van der Waals surface area contributed by atoms with Gasteiger partial charge in [0.1, 0.15) is 0 Å². The number of rotatable bonds is 0. The van der Waals surface area contributed by atoms with Crippen molar-refractivity contribution in [1.82, 2.24) is 0 Å². The molecule has 0 N–H and O–H groups in total. The molecule has 12 heavy (non-hydrogen) atoms. The van der Waals surface area contributed by atoms with E-state index >= 15 is 0 Å². The molecule has 0 aromatic carbocycles. The predicted molar refractivity (Wildman–Crippen MR) is 21.0 cm³/mol. The Morgan fingerprint density at radius 3 is 0.667 bits per heavy atom. The van der Waals surface area contributed by atoms with Crippen molar-refractivity contribution in [2.45, 2.75) is 0 Å². The van der Waals surface area contributed by atoms with Gasteiger partial charge in [0, 0.05) is 18.6 Å². The largest absolute Gasteiger partial charge is 2.00 e. The first-order valence-electron chi connectivity index (χ1n) is 1.46. The predicted octanol–water partition coefficient (Wildman–Crippen LogP) is -6.03. The Balaban J connectivity index is -0.0000000457. The molecular weight excluding hydrogens is 265 g/mol. The fourth-order valence-corrected chi connectivity index (χ4v) is 0. The second kappa shape index (κ2) is 9.14. The minimum Gasteiger partial charge on any atom is -0.822 e. The molecule has 0 saturated carbocycles. The Hall–Kier alpha value is 1.57. The zero-order valence-corrected chi connectivity index (χ0v) is 9.91. The van der Waals surface area contributed by atoms with Crippen molar-refractivity contribution < 1.29 is 57.0 Å². The van der Waals surface area contributed by atoms with Gasteiger partial charge in [-0.15, -0.1) is 0 Å². The standard InChI is InChI=1S/Mg.2H3O4P.V/c;2*1-5(2,3)4;/h;2*(H3,1,2,3,4);/q+2;;;/p-6. The molecule has 8 nitrogen and oxygen atoms in total. The average molecular weight is 265 g/mol. The van der Waals surface area contributed by atoms with Crippen LogP contribution in [0.3, 0.4) is 0 Å². The third kappa shape index (κ3) is 524. The molecule has 0 spiro atoms. The van der Waals surface area contributed by atoms with Crippen molar-refractivity contribution in [2.24, 2.45) is 0 Å². The van der Waals surface area contributed by atoms with Crippen molar-refractivity contribution in [3.8, 4) is 0 Å². The molecule has 0 aromatic heterocycles. The van der Waals surface area contributed by atoms with E-state index in [0.29, 0.717) is 0 Å². The molecule has 0 fully saturated rings. The second-order valence-electron chi connectivity index (χ2n) is 0.894. The Kier molecular flexibility index (Phi) is 17.8. The van der Waals surface area contributed by atoms with Gasteiger partial charge in [0.15, 0.2) is 0 Å². The molecule has 1 radical (unpaired) electrons. The van der Waals surface area contributed by atoms with Crippen molar-refractivity contribution in [2.75, 3.05) is 0 Å². The first-order chi connectivity index (χ1) is 4.00. The van der Waals surface area contributed by atoms with Crippen LogP contribution in [0.25, 0.3) is 0 Å². The maximum absolute atomic E-state index is 8.55. The summed E-state index contributed by atoms with van der Waals surface area (Å²) in [6.45, 7) is 0. The molecule has 69 valence electrons. The third-order valence-electron chi connectivity index (χ3n) is 0. The first kappa shape index (κ1) is 23.4. The van der Waals surface area contributed by atoms with Crippen LogP contribution in [0.4, 0.5) is 0 Å². The summed E-state index contributed by atoms with van der Waals surface area (Å²) in [5.74, 6) is 0. The van der Waals surface area contributed by atoms with Gasteiger partial charge in [-0.3, -0.25) is 0 Å². The molecule has 0 rings (SSSR count). The molecule has 0 heterocycles. The van der Waals surface area contributed by atoms with E-state index in [4.69, 9.17) is 38.5 Å². The van der Waals surface area contributed by atoms with Crippen LogP contribution in [0.15, 0.2) is 0 Å². The summed E-state index contributed by atoms with van der Waals surface area (Å²) in [5, 5.41) is 0. The van der Waals surface area contributed by atoms with Crippen molar-refractivity contribution >= 4 is 38.7 Å². The van der Waals surface area contributed by atoms with Gasteiger partial charge in [0.05, 0.1) is 0 Å². The van der Waals surface area contributed by atoms with E-state index in [-0.39, 0.29) is 41.6 Å². The summed E-state index contributed by atoms with van der Waals surface area (Å²) in [7, 11) is -10.8. The van der Waals surface area contributed by atoms with Crippen LogP contribution in [0.1, 0.15) is 0 Å². The van der Waals surface area contributed by atoms with Gasteiger partial charge >= 0.3 is 23.1 Å². The molecule has 12 heteroatoms. The average Bonchev–Trinajstić information content (AvgIpc) is 1.12. The summed E-state index contributed by atoms with van der Waals surface area (Å²) in [6.07, 6.45) is 0. The number of hydrogen-bond acceptors (Lipinski definition) is 8. The minimum atomic E-state index is -5.39.